The van der Waals surface area contributed by atoms with Crippen molar-refractivity contribution >= 4 is 27.7 Å². The number of nitrogens with one attached hydrogen (secondary N) is 2. The Hall–Kier alpha value is -1.01. The zero-order valence-corrected chi connectivity index (χ0v) is 10.00. The Balaban J connectivity index is 1.97. The summed E-state index contributed by atoms with van der Waals surface area (Å²) in [5, 5.41) is 5.45. The molecule has 1 saturated heterocycles. The van der Waals surface area contributed by atoms with Gasteiger partial charge in [0.05, 0.1) is 6.04 Å². The first kappa shape index (κ1) is 11.5. The van der Waals surface area contributed by atoms with E-state index in [9.17, 15) is 9.18 Å². The SMILES string of the molecule is O=C(Nc1cccc(Br)n1)[C@@H]1CC(F)CN1. The van der Waals surface area contributed by atoms with Crippen molar-refractivity contribution < 1.29 is 9.18 Å². The summed E-state index contributed by atoms with van der Waals surface area (Å²) in [6.07, 6.45) is -0.717. The number of aromatic nitrogens is 1. The molecule has 0 aromatic carbocycles. The maximum Gasteiger partial charge on any atom is 0.242 e. The van der Waals surface area contributed by atoms with Gasteiger partial charge in [0.25, 0.3) is 0 Å². The Bertz CT molecular complexity index is 401. The third-order valence-corrected chi connectivity index (χ3v) is 2.80. The molecule has 1 aliphatic heterocycles. The van der Waals surface area contributed by atoms with E-state index in [1.54, 1.807) is 18.2 Å². The lowest BCUT2D eigenvalue weighted by molar-refractivity contribution is -0.117. The minimum Gasteiger partial charge on any atom is -0.309 e. The third-order valence-electron chi connectivity index (χ3n) is 2.36. The second-order valence-electron chi connectivity index (χ2n) is 3.63. The molecule has 0 bridgehead atoms. The Morgan fingerprint density at radius 1 is 1.62 bits per heavy atom. The molecule has 2 atom stereocenters. The van der Waals surface area contributed by atoms with Crippen LogP contribution in [-0.2, 0) is 4.79 Å². The lowest BCUT2D eigenvalue weighted by Gasteiger charge is -2.10. The molecule has 0 radical (unpaired) electrons. The number of nitrogens with zero attached hydrogens (tertiary/aromatic N) is 1. The van der Waals surface area contributed by atoms with Gasteiger partial charge in [-0.25, -0.2) is 9.37 Å². The number of halogens is 2. The van der Waals surface area contributed by atoms with Crippen molar-refractivity contribution in [3.05, 3.63) is 22.8 Å². The van der Waals surface area contributed by atoms with Gasteiger partial charge in [-0.3, -0.25) is 4.79 Å². The number of carbonyl (C=O) groups excluding carboxylic acids is 1. The van der Waals surface area contributed by atoms with E-state index in [4.69, 9.17) is 0 Å². The molecule has 16 heavy (non-hydrogen) atoms. The summed E-state index contributed by atoms with van der Waals surface area (Å²) < 4.78 is 13.5. The molecule has 2 N–H and O–H groups in total. The van der Waals surface area contributed by atoms with E-state index in [1.165, 1.54) is 0 Å². The van der Waals surface area contributed by atoms with Crippen molar-refractivity contribution in [3.63, 3.8) is 0 Å². The van der Waals surface area contributed by atoms with E-state index in [2.05, 4.69) is 31.5 Å². The van der Waals surface area contributed by atoms with Crippen LogP contribution in [0.15, 0.2) is 22.8 Å². The Morgan fingerprint density at radius 3 is 3.06 bits per heavy atom. The second-order valence-corrected chi connectivity index (χ2v) is 4.44. The van der Waals surface area contributed by atoms with E-state index in [1.807, 2.05) is 0 Å². The van der Waals surface area contributed by atoms with Gasteiger partial charge in [0.15, 0.2) is 0 Å². The Labute approximate surface area is 101 Å². The first-order valence-corrected chi connectivity index (χ1v) is 5.75. The van der Waals surface area contributed by atoms with Crippen molar-refractivity contribution in [2.75, 3.05) is 11.9 Å². The van der Waals surface area contributed by atoms with E-state index >= 15 is 0 Å². The summed E-state index contributed by atoms with van der Waals surface area (Å²) in [6, 6.07) is 4.76. The summed E-state index contributed by atoms with van der Waals surface area (Å²) in [4.78, 5) is 15.7. The summed E-state index contributed by atoms with van der Waals surface area (Å²) in [7, 11) is 0. The molecule has 2 heterocycles. The fourth-order valence-electron chi connectivity index (χ4n) is 1.58. The fourth-order valence-corrected chi connectivity index (χ4v) is 1.93. The number of carbonyl (C=O) groups is 1. The molecule has 1 fully saturated rings. The predicted molar refractivity (Wildman–Crippen MR) is 61.9 cm³/mol. The van der Waals surface area contributed by atoms with E-state index < -0.39 is 12.2 Å². The molecular formula is C10H11BrFN3O. The van der Waals surface area contributed by atoms with Gasteiger partial charge in [0, 0.05) is 13.0 Å². The number of anilines is 1. The van der Waals surface area contributed by atoms with Gasteiger partial charge in [0.1, 0.15) is 16.6 Å². The van der Waals surface area contributed by atoms with Crippen LogP contribution in [0.5, 0.6) is 0 Å². The van der Waals surface area contributed by atoms with Gasteiger partial charge in [-0.05, 0) is 28.1 Å². The van der Waals surface area contributed by atoms with Crippen LogP contribution >= 0.6 is 15.9 Å². The molecule has 2 rings (SSSR count). The predicted octanol–water partition coefficient (Wildman–Crippen LogP) is 1.48. The van der Waals surface area contributed by atoms with Gasteiger partial charge < -0.3 is 10.6 Å². The average Bonchev–Trinajstić information content (AvgIpc) is 2.65. The highest BCUT2D eigenvalue weighted by atomic mass is 79.9. The highest BCUT2D eigenvalue weighted by Crippen LogP contribution is 2.14. The number of hydrogen-bond acceptors (Lipinski definition) is 3. The molecule has 86 valence electrons. The number of rotatable bonds is 2. The first-order valence-electron chi connectivity index (χ1n) is 4.96. The zero-order chi connectivity index (χ0) is 11.5. The summed E-state index contributed by atoms with van der Waals surface area (Å²) >= 11 is 3.21. The molecule has 1 aliphatic rings. The minimum absolute atomic E-state index is 0.222. The maximum atomic E-state index is 12.9. The molecule has 4 nitrogen and oxygen atoms in total. The average molecular weight is 288 g/mol. The Kier molecular flexibility index (Phi) is 3.50. The number of alkyl halides is 1. The first-order chi connectivity index (χ1) is 7.65. The number of amides is 1. The molecule has 0 spiro atoms. The Morgan fingerprint density at radius 2 is 2.44 bits per heavy atom. The lowest BCUT2D eigenvalue weighted by atomic mass is 10.2. The van der Waals surface area contributed by atoms with Crippen molar-refractivity contribution in [2.45, 2.75) is 18.6 Å². The highest BCUT2D eigenvalue weighted by molar-refractivity contribution is 9.10. The lowest BCUT2D eigenvalue weighted by Crippen LogP contribution is -2.35. The van der Waals surface area contributed by atoms with Crippen LogP contribution in [0.3, 0.4) is 0 Å². The highest BCUT2D eigenvalue weighted by Gasteiger charge is 2.29. The maximum absolute atomic E-state index is 12.9. The standard InChI is InChI=1S/C10H11BrFN3O/c11-8-2-1-3-9(14-8)15-10(16)7-4-6(12)5-13-7/h1-3,6-7,13H,4-5H2,(H,14,15,16)/t6?,7-/m0/s1. The van der Waals surface area contributed by atoms with Gasteiger partial charge in [0.2, 0.25) is 5.91 Å². The normalized spacial score (nSPS) is 24.4. The third kappa shape index (κ3) is 2.76. The van der Waals surface area contributed by atoms with E-state index in [0.717, 1.165) is 0 Å². The molecule has 1 aromatic heterocycles. The zero-order valence-electron chi connectivity index (χ0n) is 8.41. The molecule has 0 saturated carbocycles. The van der Waals surface area contributed by atoms with Gasteiger partial charge >= 0.3 is 0 Å². The van der Waals surface area contributed by atoms with E-state index in [-0.39, 0.29) is 18.9 Å². The number of hydrogen-bond donors (Lipinski definition) is 2. The fraction of sp³-hybridized carbons (Fsp3) is 0.400. The van der Waals surface area contributed by atoms with Gasteiger partial charge in [-0.1, -0.05) is 6.07 Å². The molecule has 1 unspecified atom stereocenters. The van der Waals surface area contributed by atoms with Crippen LogP contribution in [0.2, 0.25) is 0 Å². The van der Waals surface area contributed by atoms with E-state index in [0.29, 0.717) is 10.4 Å². The van der Waals surface area contributed by atoms with Crippen molar-refractivity contribution in [3.8, 4) is 0 Å². The molecule has 1 amide bonds. The molecule has 0 aliphatic carbocycles. The summed E-state index contributed by atoms with van der Waals surface area (Å²) in [6.45, 7) is 0.240. The summed E-state index contributed by atoms with van der Waals surface area (Å²) in [5.41, 5.74) is 0. The summed E-state index contributed by atoms with van der Waals surface area (Å²) in [5.74, 6) is 0.217. The molecule has 1 aromatic rings. The van der Waals surface area contributed by atoms with Crippen LogP contribution in [0.1, 0.15) is 6.42 Å². The van der Waals surface area contributed by atoms with Crippen molar-refractivity contribution in [1.29, 1.82) is 0 Å². The largest absolute Gasteiger partial charge is 0.309 e. The van der Waals surface area contributed by atoms with Crippen LogP contribution in [0, 0.1) is 0 Å². The van der Waals surface area contributed by atoms with Gasteiger partial charge in [-0.2, -0.15) is 0 Å². The van der Waals surface area contributed by atoms with Crippen LogP contribution in [-0.4, -0.2) is 29.6 Å². The monoisotopic (exact) mass is 287 g/mol. The minimum atomic E-state index is -0.939. The van der Waals surface area contributed by atoms with Crippen LogP contribution < -0.4 is 10.6 Å². The van der Waals surface area contributed by atoms with Gasteiger partial charge in [-0.15, -0.1) is 0 Å². The molecule has 6 heteroatoms. The molecular weight excluding hydrogens is 277 g/mol. The number of pyridine rings is 1. The second kappa shape index (κ2) is 4.88. The smallest absolute Gasteiger partial charge is 0.242 e. The topological polar surface area (TPSA) is 54.0 Å². The van der Waals surface area contributed by atoms with Crippen molar-refractivity contribution in [2.24, 2.45) is 0 Å². The quantitative estimate of drug-likeness (QED) is 0.811. The van der Waals surface area contributed by atoms with Crippen molar-refractivity contribution in [1.82, 2.24) is 10.3 Å². The van der Waals surface area contributed by atoms with Crippen LogP contribution in [0.25, 0.3) is 0 Å². The van der Waals surface area contributed by atoms with Crippen LogP contribution in [0.4, 0.5) is 10.2 Å².